The van der Waals surface area contributed by atoms with Crippen LogP contribution in [0.1, 0.15) is 37.3 Å². The number of nitrogens with zero attached hydrogens (tertiary/aromatic N) is 1. The van der Waals surface area contributed by atoms with E-state index in [9.17, 15) is 4.39 Å². The summed E-state index contributed by atoms with van der Waals surface area (Å²) in [6, 6.07) is 12.1. The van der Waals surface area contributed by atoms with Crippen molar-refractivity contribution in [1.29, 1.82) is 0 Å². The second-order valence-corrected chi connectivity index (χ2v) is 5.38. The number of aliphatic imine (C=N–C) groups is 1. The Labute approximate surface area is 147 Å². The topological polar surface area (TPSA) is 21.6 Å². The lowest BCUT2D eigenvalue weighted by atomic mass is 10.1. The Bertz CT molecular complexity index is 784. The highest BCUT2D eigenvalue weighted by Gasteiger charge is 2.03. The standard InChI is InChI=1S/C20H18FNOS/c1-2-3-4-13-23-20-12-9-17(14-19(20)21)6-5-16-7-10-18(11-8-16)22-15-24/h7-12,14H,2-4,13H2,1H3. The van der Waals surface area contributed by atoms with Crippen LogP contribution in [-0.2, 0) is 0 Å². The Kier molecular flexibility index (Phi) is 7.17. The summed E-state index contributed by atoms with van der Waals surface area (Å²) in [4.78, 5) is 3.88. The number of hydrogen-bond acceptors (Lipinski definition) is 3. The van der Waals surface area contributed by atoms with Crippen LogP contribution in [0.5, 0.6) is 5.75 Å². The van der Waals surface area contributed by atoms with Gasteiger partial charge in [0.1, 0.15) is 0 Å². The van der Waals surface area contributed by atoms with Crippen LogP contribution >= 0.6 is 12.2 Å². The van der Waals surface area contributed by atoms with Crippen LogP contribution in [0.3, 0.4) is 0 Å². The second-order valence-electron chi connectivity index (χ2n) is 5.20. The molecule has 0 fully saturated rings. The maximum Gasteiger partial charge on any atom is 0.166 e. The number of ether oxygens (including phenoxy) is 1. The molecule has 0 aliphatic rings. The van der Waals surface area contributed by atoms with E-state index in [1.54, 1.807) is 24.3 Å². The fraction of sp³-hybridized carbons (Fsp3) is 0.250. The van der Waals surface area contributed by atoms with Crippen molar-refractivity contribution in [2.24, 2.45) is 4.99 Å². The van der Waals surface area contributed by atoms with Crippen LogP contribution in [0, 0.1) is 17.7 Å². The SMILES string of the molecule is CCCCCOc1ccc(C#Cc2ccc(N=C=S)cc2)cc1F. The van der Waals surface area contributed by atoms with Crippen LogP contribution in [0.25, 0.3) is 0 Å². The summed E-state index contributed by atoms with van der Waals surface area (Å²) in [6.07, 6.45) is 3.12. The molecule has 0 unspecified atom stereocenters. The predicted molar refractivity (Wildman–Crippen MR) is 98.5 cm³/mol. The first kappa shape index (κ1) is 17.9. The van der Waals surface area contributed by atoms with Crippen LogP contribution in [0.4, 0.5) is 10.1 Å². The molecule has 0 aliphatic carbocycles. The Morgan fingerprint density at radius 1 is 1.04 bits per heavy atom. The minimum absolute atomic E-state index is 0.277. The second kappa shape index (κ2) is 9.62. The van der Waals surface area contributed by atoms with E-state index in [4.69, 9.17) is 4.74 Å². The lowest BCUT2D eigenvalue weighted by Crippen LogP contribution is -1.99. The van der Waals surface area contributed by atoms with Crippen molar-refractivity contribution in [3.05, 3.63) is 59.4 Å². The molecule has 0 N–H and O–H groups in total. The van der Waals surface area contributed by atoms with Crippen molar-refractivity contribution in [1.82, 2.24) is 0 Å². The third-order valence-electron chi connectivity index (χ3n) is 3.33. The van der Waals surface area contributed by atoms with Crippen LogP contribution in [0.15, 0.2) is 47.5 Å². The van der Waals surface area contributed by atoms with E-state index in [0.717, 1.165) is 30.5 Å². The monoisotopic (exact) mass is 339 g/mol. The van der Waals surface area contributed by atoms with E-state index in [2.05, 4.69) is 41.1 Å². The van der Waals surface area contributed by atoms with E-state index in [-0.39, 0.29) is 11.6 Å². The van der Waals surface area contributed by atoms with Crippen LogP contribution in [0.2, 0.25) is 0 Å². The molecule has 0 atom stereocenters. The number of isothiocyanates is 1. The van der Waals surface area contributed by atoms with Gasteiger partial charge in [-0.15, -0.1) is 0 Å². The number of rotatable bonds is 6. The van der Waals surface area contributed by atoms with Crippen molar-refractivity contribution in [2.45, 2.75) is 26.2 Å². The molecule has 122 valence electrons. The Morgan fingerprint density at radius 3 is 2.42 bits per heavy atom. The maximum atomic E-state index is 14.0. The van der Waals surface area contributed by atoms with Crippen molar-refractivity contribution in [3.63, 3.8) is 0 Å². The summed E-state index contributed by atoms with van der Waals surface area (Å²) in [5, 5.41) is 2.31. The summed E-state index contributed by atoms with van der Waals surface area (Å²) in [5.74, 6) is 5.83. The van der Waals surface area contributed by atoms with Crippen molar-refractivity contribution in [2.75, 3.05) is 6.61 Å². The summed E-state index contributed by atoms with van der Waals surface area (Å²) >= 11 is 4.55. The first-order valence-corrected chi connectivity index (χ1v) is 8.26. The average molecular weight is 339 g/mol. The fourth-order valence-electron chi connectivity index (χ4n) is 2.05. The van der Waals surface area contributed by atoms with E-state index in [0.29, 0.717) is 12.2 Å². The molecule has 2 aromatic rings. The van der Waals surface area contributed by atoms with Gasteiger partial charge in [-0.3, -0.25) is 0 Å². The van der Waals surface area contributed by atoms with Gasteiger partial charge >= 0.3 is 0 Å². The first-order chi connectivity index (χ1) is 11.7. The lowest BCUT2D eigenvalue weighted by molar-refractivity contribution is 0.291. The van der Waals surface area contributed by atoms with Gasteiger partial charge in [0.25, 0.3) is 0 Å². The van der Waals surface area contributed by atoms with Gasteiger partial charge in [-0.05, 0) is 61.1 Å². The molecular weight excluding hydrogens is 321 g/mol. The predicted octanol–water partition coefficient (Wildman–Crippen LogP) is 5.53. The van der Waals surface area contributed by atoms with Gasteiger partial charge in [0.05, 0.1) is 17.5 Å². The molecule has 0 radical (unpaired) electrons. The number of unbranched alkanes of at least 4 members (excludes halogenated alkanes) is 2. The highest BCUT2D eigenvalue weighted by Crippen LogP contribution is 2.18. The van der Waals surface area contributed by atoms with Crippen molar-refractivity contribution >= 4 is 23.1 Å². The highest BCUT2D eigenvalue weighted by atomic mass is 32.1. The minimum atomic E-state index is -0.385. The molecule has 0 saturated heterocycles. The molecule has 0 heterocycles. The largest absolute Gasteiger partial charge is 0.491 e. The number of hydrogen-bond donors (Lipinski definition) is 0. The molecule has 0 saturated carbocycles. The van der Waals surface area contributed by atoms with E-state index in [1.165, 1.54) is 6.07 Å². The maximum absolute atomic E-state index is 14.0. The first-order valence-electron chi connectivity index (χ1n) is 7.85. The zero-order chi connectivity index (χ0) is 17.2. The smallest absolute Gasteiger partial charge is 0.166 e. The third-order valence-corrected chi connectivity index (χ3v) is 3.42. The molecule has 0 spiro atoms. The summed E-state index contributed by atoms with van der Waals surface area (Å²) in [7, 11) is 0. The van der Waals surface area contributed by atoms with Gasteiger partial charge in [0, 0.05) is 11.1 Å². The number of benzene rings is 2. The zero-order valence-electron chi connectivity index (χ0n) is 13.5. The molecule has 0 aliphatic heterocycles. The minimum Gasteiger partial charge on any atom is -0.491 e. The van der Waals surface area contributed by atoms with Crippen LogP contribution in [-0.4, -0.2) is 11.8 Å². The highest BCUT2D eigenvalue weighted by molar-refractivity contribution is 7.78. The molecule has 24 heavy (non-hydrogen) atoms. The molecule has 4 heteroatoms. The Balaban J connectivity index is 2.03. The van der Waals surface area contributed by atoms with Crippen LogP contribution < -0.4 is 4.74 Å². The van der Waals surface area contributed by atoms with Gasteiger partial charge < -0.3 is 4.74 Å². The molecule has 0 bridgehead atoms. The number of thiocarbonyl (C=S) groups is 1. The van der Waals surface area contributed by atoms with Gasteiger partial charge in [-0.2, -0.15) is 4.99 Å². The van der Waals surface area contributed by atoms with E-state index in [1.807, 2.05) is 12.1 Å². The van der Waals surface area contributed by atoms with Crippen molar-refractivity contribution in [3.8, 4) is 17.6 Å². The molecule has 0 amide bonds. The van der Waals surface area contributed by atoms with Gasteiger partial charge in [-0.1, -0.05) is 31.6 Å². The molecule has 2 nitrogen and oxygen atoms in total. The van der Waals surface area contributed by atoms with E-state index >= 15 is 0 Å². The lowest BCUT2D eigenvalue weighted by Gasteiger charge is -2.06. The summed E-state index contributed by atoms with van der Waals surface area (Å²) in [5.41, 5.74) is 2.15. The summed E-state index contributed by atoms with van der Waals surface area (Å²) < 4.78 is 19.4. The van der Waals surface area contributed by atoms with Gasteiger partial charge in [0.15, 0.2) is 11.6 Å². The normalized spacial score (nSPS) is 9.58. The van der Waals surface area contributed by atoms with Gasteiger partial charge in [-0.25, -0.2) is 4.39 Å². The summed E-state index contributed by atoms with van der Waals surface area (Å²) in [6.45, 7) is 2.65. The van der Waals surface area contributed by atoms with Crippen molar-refractivity contribution < 1.29 is 9.13 Å². The Morgan fingerprint density at radius 2 is 1.75 bits per heavy atom. The molecule has 2 rings (SSSR count). The zero-order valence-corrected chi connectivity index (χ0v) is 14.3. The quantitative estimate of drug-likeness (QED) is 0.299. The Hall–Kier alpha value is -2.47. The fourth-order valence-corrected chi connectivity index (χ4v) is 2.15. The van der Waals surface area contributed by atoms with E-state index < -0.39 is 0 Å². The molecule has 0 aromatic heterocycles. The molecular formula is C20H18FNOS. The number of halogens is 1. The van der Waals surface area contributed by atoms with Gasteiger partial charge in [0.2, 0.25) is 0 Å². The third kappa shape index (κ3) is 5.62. The molecule has 2 aromatic carbocycles. The average Bonchev–Trinajstić information content (AvgIpc) is 2.60.